The Kier molecular flexibility index (Phi) is 5.42. The maximum absolute atomic E-state index is 5.64. The minimum Gasteiger partial charge on any atom is -0.389 e. The highest BCUT2D eigenvalue weighted by atomic mass is 32.1. The molecular formula is C14H22N2S. The zero-order valence-electron chi connectivity index (χ0n) is 10.9. The molecule has 17 heavy (non-hydrogen) atoms. The maximum atomic E-state index is 5.64. The van der Waals surface area contributed by atoms with Gasteiger partial charge in [0.2, 0.25) is 0 Å². The molecule has 2 nitrogen and oxygen atoms in total. The second-order valence-electron chi connectivity index (χ2n) is 4.58. The van der Waals surface area contributed by atoms with Crippen molar-refractivity contribution >= 4 is 22.9 Å². The van der Waals surface area contributed by atoms with Crippen LogP contribution in [0, 0.1) is 6.92 Å². The Bertz CT molecular complexity index is 388. The van der Waals surface area contributed by atoms with E-state index in [9.17, 15) is 0 Å². The highest BCUT2D eigenvalue weighted by molar-refractivity contribution is 7.80. The van der Waals surface area contributed by atoms with Crippen molar-refractivity contribution in [1.29, 1.82) is 0 Å². The Labute approximate surface area is 110 Å². The highest BCUT2D eigenvalue weighted by Gasteiger charge is 2.05. The third-order valence-electron chi connectivity index (χ3n) is 2.90. The van der Waals surface area contributed by atoms with Crippen LogP contribution in [0.4, 0.5) is 5.69 Å². The quantitative estimate of drug-likeness (QED) is 0.757. The van der Waals surface area contributed by atoms with E-state index >= 15 is 0 Å². The first-order valence-corrected chi connectivity index (χ1v) is 6.62. The zero-order chi connectivity index (χ0) is 12.8. The van der Waals surface area contributed by atoms with Crippen LogP contribution in [-0.2, 0) is 0 Å². The summed E-state index contributed by atoms with van der Waals surface area (Å²) in [5.41, 5.74) is 8.88. The number of aryl methyl sites for hydroxylation is 1. The van der Waals surface area contributed by atoms with E-state index in [0.717, 1.165) is 16.8 Å². The van der Waals surface area contributed by atoms with Crippen LogP contribution in [-0.4, -0.2) is 11.0 Å². The van der Waals surface area contributed by atoms with Gasteiger partial charge in [0, 0.05) is 17.3 Å². The van der Waals surface area contributed by atoms with E-state index in [1.54, 1.807) is 0 Å². The number of nitrogens with one attached hydrogen (secondary N) is 1. The van der Waals surface area contributed by atoms with Crippen LogP contribution in [0.5, 0.6) is 0 Å². The van der Waals surface area contributed by atoms with E-state index in [0.29, 0.717) is 11.0 Å². The molecule has 3 N–H and O–H groups in total. The minimum absolute atomic E-state index is 0.466. The van der Waals surface area contributed by atoms with Gasteiger partial charge in [-0.25, -0.2) is 0 Å². The normalized spacial score (nSPS) is 12.2. The molecule has 0 bridgehead atoms. The molecule has 1 aromatic carbocycles. The van der Waals surface area contributed by atoms with E-state index in [4.69, 9.17) is 18.0 Å². The van der Waals surface area contributed by atoms with Gasteiger partial charge in [-0.15, -0.1) is 0 Å². The Morgan fingerprint density at radius 1 is 1.47 bits per heavy atom. The monoisotopic (exact) mass is 250 g/mol. The van der Waals surface area contributed by atoms with E-state index in [1.165, 1.54) is 19.3 Å². The fraction of sp³-hybridized carbons (Fsp3) is 0.500. The zero-order valence-corrected chi connectivity index (χ0v) is 11.7. The summed E-state index contributed by atoms with van der Waals surface area (Å²) in [6.45, 7) is 6.47. The third kappa shape index (κ3) is 4.35. The Morgan fingerprint density at radius 3 is 2.71 bits per heavy atom. The van der Waals surface area contributed by atoms with Crippen molar-refractivity contribution in [2.75, 3.05) is 5.32 Å². The number of hydrogen-bond acceptors (Lipinski definition) is 2. The van der Waals surface area contributed by atoms with Crippen molar-refractivity contribution in [3.63, 3.8) is 0 Å². The lowest BCUT2D eigenvalue weighted by Crippen LogP contribution is -2.16. The summed E-state index contributed by atoms with van der Waals surface area (Å²) in [6.07, 6.45) is 3.70. The summed E-state index contributed by atoms with van der Waals surface area (Å²) < 4.78 is 0. The van der Waals surface area contributed by atoms with Gasteiger partial charge < -0.3 is 11.1 Å². The highest BCUT2D eigenvalue weighted by Crippen LogP contribution is 2.17. The summed E-state index contributed by atoms with van der Waals surface area (Å²) in [5, 5.41) is 3.50. The van der Waals surface area contributed by atoms with Gasteiger partial charge in [0.05, 0.1) is 0 Å². The predicted octanol–water partition coefficient (Wildman–Crippen LogP) is 3.62. The first-order valence-electron chi connectivity index (χ1n) is 6.21. The number of rotatable bonds is 6. The van der Waals surface area contributed by atoms with Crippen LogP contribution in [0.1, 0.15) is 44.2 Å². The Balaban J connectivity index is 2.67. The molecule has 1 aromatic rings. The number of thiocarbonyl (C=S) groups is 1. The number of benzene rings is 1. The molecule has 1 rings (SSSR count). The molecule has 94 valence electrons. The van der Waals surface area contributed by atoms with Crippen molar-refractivity contribution in [1.82, 2.24) is 0 Å². The molecule has 0 saturated heterocycles. The van der Waals surface area contributed by atoms with E-state index in [1.807, 2.05) is 19.1 Å². The summed E-state index contributed by atoms with van der Waals surface area (Å²) in [7, 11) is 0. The fourth-order valence-electron chi connectivity index (χ4n) is 1.90. The topological polar surface area (TPSA) is 38.0 Å². The average Bonchev–Trinajstić information content (AvgIpc) is 2.26. The van der Waals surface area contributed by atoms with Crippen molar-refractivity contribution in [3.8, 4) is 0 Å². The standard InChI is InChI=1S/C14H22N2S/c1-4-5-6-11(3)16-12-7-8-13(14(15)17)10(2)9-12/h7-9,11,16H,4-6H2,1-3H3,(H2,15,17). The molecule has 0 saturated carbocycles. The van der Waals surface area contributed by atoms with Gasteiger partial charge in [-0.3, -0.25) is 0 Å². The van der Waals surface area contributed by atoms with Crippen molar-refractivity contribution in [3.05, 3.63) is 29.3 Å². The van der Waals surface area contributed by atoms with Gasteiger partial charge in [-0.2, -0.15) is 0 Å². The minimum atomic E-state index is 0.466. The lowest BCUT2D eigenvalue weighted by Gasteiger charge is -2.16. The lowest BCUT2D eigenvalue weighted by molar-refractivity contribution is 0.645. The van der Waals surface area contributed by atoms with Crippen LogP contribution >= 0.6 is 12.2 Å². The van der Waals surface area contributed by atoms with Gasteiger partial charge in [-0.05, 0) is 44.0 Å². The summed E-state index contributed by atoms with van der Waals surface area (Å²) in [6, 6.07) is 6.65. The van der Waals surface area contributed by atoms with Crippen LogP contribution in [0.2, 0.25) is 0 Å². The molecule has 1 atom stereocenters. The van der Waals surface area contributed by atoms with Gasteiger partial charge >= 0.3 is 0 Å². The van der Waals surface area contributed by atoms with Crippen molar-refractivity contribution < 1.29 is 0 Å². The van der Waals surface area contributed by atoms with Crippen LogP contribution in [0.25, 0.3) is 0 Å². The summed E-state index contributed by atoms with van der Waals surface area (Å²) >= 11 is 5.00. The maximum Gasteiger partial charge on any atom is 0.104 e. The largest absolute Gasteiger partial charge is 0.389 e. The molecule has 1 unspecified atom stereocenters. The first kappa shape index (κ1) is 14.0. The van der Waals surface area contributed by atoms with E-state index in [-0.39, 0.29) is 0 Å². The van der Waals surface area contributed by atoms with Crippen LogP contribution in [0.3, 0.4) is 0 Å². The molecule has 0 fully saturated rings. The third-order valence-corrected chi connectivity index (χ3v) is 3.12. The van der Waals surface area contributed by atoms with Crippen molar-refractivity contribution in [2.24, 2.45) is 5.73 Å². The van der Waals surface area contributed by atoms with Gasteiger partial charge in [-0.1, -0.05) is 32.0 Å². The fourth-order valence-corrected chi connectivity index (χ4v) is 2.13. The second kappa shape index (κ2) is 6.60. The molecular weight excluding hydrogens is 228 g/mol. The van der Waals surface area contributed by atoms with E-state index < -0.39 is 0 Å². The predicted molar refractivity (Wildman–Crippen MR) is 79.7 cm³/mol. The molecule has 0 aromatic heterocycles. The second-order valence-corrected chi connectivity index (χ2v) is 5.02. The van der Waals surface area contributed by atoms with Gasteiger partial charge in [0.1, 0.15) is 4.99 Å². The van der Waals surface area contributed by atoms with Gasteiger partial charge in [0.15, 0.2) is 0 Å². The molecule has 0 heterocycles. The van der Waals surface area contributed by atoms with E-state index in [2.05, 4.69) is 25.2 Å². The Morgan fingerprint density at radius 2 is 2.18 bits per heavy atom. The number of unbranched alkanes of at least 4 members (excludes halogenated alkanes) is 1. The van der Waals surface area contributed by atoms with Crippen molar-refractivity contribution in [2.45, 2.75) is 46.1 Å². The molecule has 0 amide bonds. The smallest absolute Gasteiger partial charge is 0.104 e. The van der Waals surface area contributed by atoms with Crippen LogP contribution < -0.4 is 11.1 Å². The number of nitrogens with two attached hydrogens (primary N) is 1. The lowest BCUT2D eigenvalue weighted by atomic mass is 10.1. The SMILES string of the molecule is CCCCC(C)Nc1ccc(C(N)=S)c(C)c1. The number of hydrogen-bond donors (Lipinski definition) is 2. The average molecular weight is 250 g/mol. The first-order chi connectivity index (χ1) is 8.04. The summed E-state index contributed by atoms with van der Waals surface area (Å²) in [4.78, 5) is 0.466. The molecule has 3 heteroatoms. The summed E-state index contributed by atoms with van der Waals surface area (Å²) in [5.74, 6) is 0. The van der Waals surface area contributed by atoms with Gasteiger partial charge in [0.25, 0.3) is 0 Å². The molecule has 0 aliphatic heterocycles. The molecule has 0 aliphatic rings. The van der Waals surface area contributed by atoms with Crippen LogP contribution in [0.15, 0.2) is 18.2 Å². The Hall–Kier alpha value is -1.09. The molecule has 0 aliphatic carbocycles. The number of anilines is 1. The molecule has 0 spiro atoms. The molecule has 0 radical (unpaired) electrons.